The molecule has 0 fully saturated rings. The zero-order valence-corrected chi connectivity index (χ0v) is 13.1. The molecule has 1 aromatic carbocycles. The van der Waals surface area contributed by atoms with Gasteiger partial charge in [-0.25, -0.2) is 0 Å². The van der Waals surface area contributed by atoms with Crippen molar-refractivity contribution in [3.63, 3.8) is 0 Å². The Morgan fingerprint density at radius 1 is 1.55 bits per heavy atom. The van der Waals surface area contributed by atoms with Gasteiger partial charge in [0.15, 0.2) is 0 Å². The first kappa shape index (κ1) is 14.9. The topological polar surface area (TPSA) is 55.2 Å². The summed E-state index contributed by atoms with van der Waals surface area (Å²) in [6, 6.07) is 6.19. The van der Waals surface area contributed by atoms with Crippen LogP contribution in [0, 0.1) is 10.1 Å². The lowest BCUT2D eigenvalue weighted by Gasteiger charge is -2.19. The predicted molar refractivity (Wildman–Crippen MR) is 84.7 cm³/mol. The minimum absolute atomic E-state index is 0.165. The van der Waals surface area contributed by atoms with Crippen molar-refractivity contribution in [2.75, 3.05) is 11.6 Å². The van der Waals surface area contributed by atoms with Gasteiger partial charge in [0.1, 0.15) is 5.03 Å². The van der Waals surface area contributed by atoms with E-state index < -0.39 is 4.92 Å². The molecule has 0 aromatic heterocycles. The zero-order valence-electron chi connectivity index (χ0n) is 12.3. The Balaban J connectivity index is 2.41. The minimum Gasteiger partial charge on any atom is -0.345 e. The van der Waals surface area contributed by atoms with Crippen LogP contribution in [0.3, 0.4) is 0 Å². The summed E-state index contributed by atoms with van der Waals surface area (Å²) in [5, 5.41) is 14.4. The van der Waals surface area contributed by atoms with Crippen molar-refractivity contribution in [3.05, 3.63) is 50.7 Å². The third-order valence-electron chi connectivity index (χ3n) is 3.84. The number of hydrogen-bond acceptors (Lipinski definition) is 4. The highest BCUT2D eigenvalue weighted by Crippen LogP contribution is 2.48. The second-order valence-corrected chi connectivity index (χ2v) is 6.71. The highest BCUT2D eigenvalue weighted by atomic mass is 32.2. The summed E-state index contributed by atoms with van der Waals surface area (Å²) in [5.41, 5.74) is 3.79. The first-order valence-electron chi connectivity index (χ1n) is 6.65. The first-order chi connectivity index (χ1) is 9.35. The molecule has 1 aliphatic rings. The fraction of sp³-hybridized carbons (Fsp3) is 0.467. The van der Waals surface area contributed by atoms with Crippen molar-refractivity contribution in [2.45, 2.75) is 38.5 Å². The third-order valence-corrected chi connectivity index (χ3v) is 4.49. The number of anilines is 1. The molecular weight excluding hydrogens is 272 g/mol. The normalized spacial score (nSPS) is 20.6. The van der Waals surface area contributed by atoms with E-state index in [0.29, 0.717) is 10.9 Å². The van der Waals surface area contributed by atoms with Gasteiger partial charge in [0, 0.05) is 5.69 Å². The second-order valence-electron chi connectivity index (χ2n) is 5.86. The molecular formula is C15H20N2O2S. The molecule has 0 aliphatic heterocycles. The van der Waals surface area contributed by atoms with Crippen LogP contribution in [0.2, 0.25) is 0 Å². The van der Waals surface area contributed by atoms with E-state index in [9.17, 15) is 10.1 Å². The van der Waals surface area contributed by atoms with Crippen LogP contribution in [-0.4, -0.2) is 11.2 Å². The van der Waals surface area contributed by atoms with E-state index in [2.05, 4.69) is 32.2 Å². The molecule has 1 aliphatic carbocycles. The van der Waals surface area contributed by atoms with Gasteiger partial charge < -0.3 is 5.32 Å². The molecule has 0 unspecified atom stereocenters. The highest BCUT2D eigenvalue weighted by Gasteiger charge is 2.36. The number of rotatable bonds is 4. The smallest absolute Gasteiger partial charge is 0.264 e. The van der Waals surface area contributed by atoms with E-state index in [1.807, 2.05) is 18.4 Å². The van der Waals surface area contributed by atoms with E-state index in [-0.39, 0.29) is 5.41 Å². The lowest BCUT2D eigenvalue weighted by atomic mass is 9.86. The highest BCUT2D eigenvalue weighted by molar-refractivity contribution is 8.02. The van der Waals surface area contributed by atoms with Crippen molar-refractivity contribution < 1.29 is 4.92 Å². The molecule has 1 aromatic rings. The standard InChI is InChI=1S/C15H20N2O2S/c1-10-8-15(2,3)11-6-5-7-12(14(10)11)16-13(20-4)9-17(18)19/h5-7,9-10,16H,8H2,1-4H3/b13-9-/t10-/m0/s1. The molecule has 5 heteroatoms. The largest absolute Gasteiger partial charge is 0.345 e. The Kier molecular flexibility index (Phi) is 4.09. The number of fused-ring (bicyclic) bond motifs is 1. The molecule has 0 radical (unpaired) electrons. The first-order valence-corrected chi connectivity index (χ1v) is 7.87. The molecule has 1 N–H and O–H groups in total. The monoisotopic (exact) mass is 292 g/mol. The summed E-state index contributed by atoms with van der Waals surface area (Å²) in [6.07, 6.45) is 3.96. The zero-order chi connectivity index (χ0) is 14.9. The van der Waals surface area contributed by atoms with Gasteiger partial charge in [0.2, 0.25) is 0 Å². The Hall–Kier alpha value is -1.49. The maximum Gasteiger partial charge on any atom is 0.264 e. The Bertz CT molecular complexity index is 567. The molecule has 20 heavy (non-hydrogen) atoms. The molecule has 2 rings (SSSR count). The summed E-state index contributed by atoms with van der Waals surface area (Å²) in [4.78, 5) is 10.2. The van der Waals surface area contributed by atoms with Gasteiger partial charge in [-0.05, 0) is 41.2 Å². The summed E-state index contributed by atoms with van der Waals surface area (Å²) in [5.74, 6) is 0.461. The third kappa shape index (κ3) is 2.82. The van der Waals surface area contributed by atoms with E-state index in [1.165, 1.54) is 22.9 Å². The lowest BCUT2D eigenvalue weighted by Crippen LogP contribution is -2.12. The fourth-order valence-electron chi connectivity index (χ4n) is 3.14. The minimum atomic E-state index is -0.421. The van der Waals surface area contributed by atoms with Crippen LogP contribution < -0.4 is 5.32 Å². The Labute approximate surface area is 123 Å². The number of thioether (sulfide) groups is 1. The van der Waals surface area contributed by atoms with Crippen molar-refractivity contribution in [3.8, 4) is 0 Å². The van der Waals surface area contributed by atoms with Crippen LogP contribution >= 0.6 is 11.8 Å². The molecule has 1 atom stereocenters. The molecule has 0 spiro atoms. The number of benzene rings is 1. The molecule has 0 bridgehead atoms. The maximum atomic E-state index is 10.6. The van der Waals surface area contributed by atoms with Crippen molar-refractivity contribution in [1.29, 1.82) is 0 Å². The Morgan fingerprint density at radius 2 is 2.25 bits per heavy atom. The molecule has 0 amide bonds. The van der Waals surface area contributed by atoms with Crippen molar-refractivity contribution in [1.82, 2.24) is 0 Å². The summed E-state index contributed by atoms with van der Waals surface area (Å²) in [6.45, 7) is 6.72. The molecule has 0 saturated carbocycles. The SMILES string of the molecule is CS/C(=C\[N+](=O)[O-])Nc1cccc2c1[C@@H](C)CC2(C)C. The van der Waals surface area contributed by atoms with Gasteiger partial charge in [-0.15, -0.1) is 11.8 Å². The number of nitrogens with one attached hydrogen (secondary N) is 1. The Morgan fingerprint density at radius 3 is 2.85 bits per heavy atom. The molecule has 0 heterocycles. The van der Waals surface area contributed by atoms with Crippen molar-refractivity contribution in [2.24, 2.45) is 0 Å². The van der Waals surface area contributed by atoms with Gasteiger partial charge in [0.05, 0.1) is 4.92 Å². The van der Waals surface area contributed by atoms with Gasteiger partial charge in [-0.2, -0.15) is 0 Å². The molecule has 108 valence electrons. The van der Waals surface area contributed by atoms with Crippen LogP contribution in [-0.2, 0) is 5.41 Å². The quantitative estimate of drug-likeness (QED) is 0.663. The molecule has 0 saturated heterocycles. The van der Waals surface area contributed by atoms with E-state index >= 15 is 0 Å². The van der Waals surface area contributed by atoms with Gasteiger partial charge >= 0.3 is 0 Å². The van der Waals surface area contributed by atoms with Gasteiger partial charge in [0.25, 0.3) is 6.20 Å². The summed E-state index contributed by atoms with van der Waals surface area (Å²) in [7, 11) is 0. The summed E-state index contributed by atoms with van der Waals surface area (Å²) < 4.78 is 0. The fourth-order valence-corrected chi connectivity index (χ4v) is 3.54. The van der Waals surface area contributed by atoms with Gasteiger partial charge in [-0.1, -0.05) is 32.9 Å². The van der Waals surface area contributed by atoms with Crippen LogP contribution in [0.1, 0.15) is 44.2 Å². The second kappa shape index (κ2) is 5.48. The number of nitrogens with zero attached hydrogens (tertiary/aromatic N) is 1. The van der Waals surface area contributed by atoms with Gasteiger partial charge in [-0.3, -0.25) is 10.1 Å². The maximum absolute atomic E-state index is 10.6. The van der Waals surface area contributed by atoms with Crippen LogP contribution in [0.15, 0.2) is 29.4 Å². The average Bonchev–Trinajstić information content (AvgIpc) is 2.59. The molecule has 4 nitrogen and oxygen atoms in total. The van der Waals surface area contributed by atoms with E-state index in [1.54, 1.807) is 0 Å². The lowest BCUT2D eigenvalue weighted by molar-refractivity contribution is -0.402. The van der Waals surface area contributed by atoms with E-state index in [0.717, 1.165) is 18.3 Å². The number of hydrogen-bond donors (Lipinski definition) is 1. The van der Waals surface area contributed by atoms with Crippen molar-refractivity contribution >= 4 is 17.4 Å². The van der Waals surface area contributed by atoms with Crippen LogP contribution in [0.4, 0.5) is 5.69 Å². The average molecular weight is 292 g/mol. The number of nitro groups is 1. The van der Waals surface area contributed by atoms with Crippen LogP contribution in [0.5, 0.6) is 0 Å². The van der Waals surface area contributed by atoms with Crippen LogP contribution in [0.25, 0.3) is 0 Å². The summed E-state index contributed by atoms with van der Waals surface area (Å²) >= 11 is 1.35. The predicted octanol–water partition coefficient (Wildman–Crippen LogP) is 4.32. The van der Waals surface area contributed by atoms with E-state index in [4.69, 9.17) is 0 Å².